The lowest BCUT2D eigenvalue weighted by atomic mass is 9.77. The summed E-state index contributed by atoms with van der Waals surface area (Å²) in [7, 11) is 0. The largest absolute Gasteiger partial charge is 0.460 e. The highest BCUT2D eigenvalue weighted by atomic mass is 35.5. The summed E-state index contributed by atoms with van der Waals surface area (Å²) in [5.41, 5.74) is -0.509. The molecule has 1 atom stereocenters. The molecule has 0 N–H and O–H groups in total. The van der Waals surface area contributed by atoms with Gasteiger partial charge in [0.05, 0.1) is 18.1 Å². The summed E-state index contributed by atoms with van der Waals surface area (Å²) in [5, 5.41) is 0.354. The Morgan fingerprint density at radius 3 is 2.67 bits per heavy atom. The van der Waals surface area contributed by atoms with Crippen LogP contribution in [0, 0.1) is 0 Å². The third-order valence-corrected chi connectivity index (χ3v) is 3.57. The summed E-state index contributed by atoms with van der Waals surface area (Å²) in [6.07, 6.45) is 0. The molecule has 6 heteroatoms. The van der Waals surface area contributed by atoms with Gasteiger partial charge in [0, 0.05) is 5.02 Å². The Bertz CT molecular complexity index is 620. The van der Waals surface area contributed by atoms with E-state index >= 15 is 0 Å². The van der Waals surface area contributed by atoms with E-state index in [-0.39, 0.29) is 12.2 Å². The van der Waals surface area contributed by atoms with Crippen LogP contribution in [0.3, 0.4) is 0 Å². The van der Waals surface area contributed by atoms with Gasteiger partial charge in [-0.3, -0.25) is 4.79 Å². The number of esters is 2. The number of benzene rings is 1. The number of hydrogen-bond acceptors (Lipinski definition) is 5. The standard InChI is InChI=1S/C15H15ClO5/c1-4-20-14(19)12(17)11-9-6-5-8(16)7-10(9)13(18)21-15(11,2)3/h5-7,11H,4H2,1-3H3. The summed E-state index contributed by atoms with van der Waals surface area (Å²) in [6.45, 7) is 4.89. The molecule has 2 rings (SSSR count). The second-order valence-electron chi connectivity index (χ2n) is 5.24. The van der Waals surface area contributed by atoms with Crippen molar-refractivity contribution in [2.75, 3.05) is 6.61 Å². The van der Waals surface area contributed by atoms with E-state index in [0.717, 1.165) is 0 Å². The highest BCUT2D eigenvalue weighted by Gasteiger charge is 2.48. The van der Waals surface area contributed by atoms with E-state index < -0.39 is 29.2 Å². The molecule has 0 aliphatic carbocycles. The van der Waals surface area contributed by atoms with Crippen LogP contribution in [0.1, 0.15) is 42.6 Å². The van der Waals surface area contributed by atoms with Crippen molar-refractivity contribution in [3.63, 3.8) is 0 Å². The topological polar surface area (TPSA) is 69.7 Å². The first-order valence-electron chi connectivity index (χ1n) is 6.51. The fourth-order valence-corrected chi connectivity index (χ4v) is 2.63. The van der Waals surface area contributed by atoms with Crippen LogP contribution in [0.5, 0.6) is 0 Å². The highest BCUT2D eigenvalue weighted by molar-refractivity contribution is 6.36. The number of halogens is 1. The monoisotopic (exact) mass is 310 g/mol. The molecule has 0 aromatic heterocycles. The number of fused-ring (bicyclic) bond motifs is 1. The molecule has 112 valence electrons. The Kier molecular flexibility index (Phi) is 4.05. The van der Waals surface area contributed by atoms with Crippen LogP contribution in [0.4, 0.5) is 0 Å². The van der Waals surface area contributed by atoms with Crippen molar-refractivity contribution in [2.45, 2.75) is 32.3 Å². The van der Waals surface area contributed by atoms with Gasteiger partial charge in [0.1, 0.15) is 5.60 Å². The van der Waals surface area contributed by atoms with Crippen molar-refractivity contribution in [2.24, 2.45) is 0 Å². The SMILES string of the molecule is CCOC(=O)C(=O)C1c2ccc(Cl)cc2C(=O)OC1(C)C. The summed E-state index contributed by atoms with van der Waals surface area (Å²) < 4.78 is 10.1. The first-order valence-corrected chi connectivity index (χ1v) is 6.89. The first kappa shape index (κ1) is 15.5. The number of Topliss-reactive ketones (excluding diaryl/α,β-unsaturated/α-hetero) is 1. The molecule has 0 fully saturated rings. The molecule has 1 aliphatic heterocycles. The van der Waals surface area contributed by atoms with Gasteiger partial charge in [0.25, 0.3) is 5.78 Å². The maximum absolute atomic E-state index is 12.4. The second-order valence-corrected chi connectivity index (χ2v) is 5.68. The predicted molar refractivity (Wildman–Crippen MR) is 75.3 cm³/mol. The number of rotatable bonds is 3. The zero-order valence-electron chi connectivity index (χ0n) is 11.9. The van der Waals surface area contributed by atoms with Gasteiger partial charge in [-0.15, -0.1) is 0 Å². The van der Waals surface area contributed by atoms with Crippen molar-refractivity contribution in [1.82, 2.24) is 0 Å². The van der Waals surface area contributed by atoms with Crippen molar-refractivity contribution in [3.05, 3.63) is 34.3 Å². The van der Waals surface area contributed by atoms with Gasteiger partial charge in [-0.1, -0.05) is 17.7 Å². The summed E-state index contributed by atoms with van der Waals surface area (Å²) in [4.78, 5) is 36.1. The molecule has 0 saturated heterocycles. The van der Waals surface area contributed by atoms with E-state index in [9.17, 15) is 14.4 Å². The van der Waals surface area contributed by atoms with Gasteiger partial charge in [-0.05, 0) is 38.5 Å². The molecule has 0 bridgehead atoms. The Morgan fingerprint density at radius 1 is 1.38 bits per heavy atom. The highest BCUT2D eigenvalue weighted by Crippen LogP contribution is 2.40. The van der Waals surface area contributed by atoms with Crippen LogP contribution in [0.15, 0.2) is 18.2 Å². The molecule has 21 heavy (non-hydrogen) atoms. The van der Waals surface area contributed by atoms with Crippen molar-refractivity contribution in [1.29, 1.82) is 0 Å². The summed E-state index contributed by atoms with van der Waals surface area (Å²) in [6, 6.07) is 4.57. The van der Waals surface area contributed by atoms with Crippen LogP contribution in [0.25, 0.3) is 0 Å². The minimum atomic E-state index is -1.14. The second kappa shape index (κ2) is 5.48. The fourth-order valence-electron chi connectivity index (χ4n) is 2.46. The lowest BCUT2D eigenvalue weighted by Crippen LogP contribution is -2.46. The molecule has 5 nitrogen and oxygen atoms in total. The predicted octanol–water partition coefficient (Wildman–Crippen LogP) is 2.50. The molecule has 0 radical (unpaired) electrons. The molecule has 1 unspecified atom stereocenters. The van der Waals surface area contributed by atoms with Crippen LogP contribution in [-0.4, -0.2) is 29.9 Å². The van der Waals surface area contributed by atoms with E-state index in [1.165, 1.54) is 6.07 Å². The Balaban J connectivity index is 2.53. The average Bonchev–Trinajstić information content (AvgIpc) is 2.38. The smallest absolute Gasteiger partial charge is 0.375 e. The Hall–Kier alpha value is -1.88. The third kappa shape index (κ3) is 2.78. The third-order valence-electron chi connectivity index (χ3n) is 3.34. The minimum absolute atomic E-state index is 0.102. The van der Waals surface area contributed by atoms with Crippen molar-refractivity contribution >= 4 is 29.3 Å². The van der Waals surface area contributed by atoms with Gasteiger partial charge in [0.15, 0.2) is 0 Å². The average molecular weight is 311 g/mol. The van der Waals surface area contributed by atoms with Gasteiger partial charge in [0.2, 0.25) is 0 Å². The first-order chi connectivity index (χ1) is 9.77. The van der Waals surface area contributed by atoms with Crippen LogP contribution in [0.2, 0.25) is 5.02 Å². The normalized spacial score (nSPS) is 19.4. The zero-order valence-corrected chi connectivity index (χ0v) is 12.7. The van der Waals surface area contributed by atoms with E-state index in [4.69, 9.17) is 21.1 Å². The molecule has 1 aliphatic rings. The number of ether oxygens (including phenoxy) is 2. The van der Waals surface area contributed by atoms with Crippen LogP contribution < -0.4 is 0 Å². The lowest BCUT2D eigenvalue weighted by molar-refractivity contribution is -0.157. The summed E-state index contributed by atoms with van der Waals surface area (Å²) in [5.74, 6) is -3.15. The van der Waals surface area contributed by atoms with Crippen LogP contribution >= 0.6 is 11.6 Å². The molecule has 1 aromatic carbocycles. The number of carbonyl (C=O) groups is 3. The molecular formula is C15H15ClO5. The van der Waals surface area contributed by atoms with E-state index in [0.29, 0.717) is 10.6 Å². The number of cyclic esters (lactones) is 1. The number of carbonyl (C=O) groups excluding carboxylic acids is 3. The quantitative estimate of drug-likeness (QED) is 0.633. The van der Waals surface area contributed by atoms with Crippen LogP contribution in [-0.2, 0) is 19.1 Å². The van der Waals surface area contributed by atoms with E-state index in [1.54, 1.807) is 32.9 Å². The van der Waals surface area contributed by atoms with Gasteiger partial charge >= 0.3 is 11.9 Å². The fraction of sp³-hybridized carbons (Fsp3) is 0.400. The van der Waals surface area contributed by atoms with Crippen molar-refractivity contribution < 1.29 is 23.9 Å². The van der Waals surface area contributed by atoms with Gasteiger partial charge < -0.3 is 9.47 Å². The molecular weight excluding hydrogens is 296 g/mol. The van der Waals surface area contributed by atoms with Gasteiger partial charge in [-0.2, -0.15) is 0 Å². The minimum Gasteiger partial charge on any atom is -0.460 e. The van der Waals surface area contributed by atoms with E-state index in [2.05, 4.69) is 0 Å². The molecule has 0 spiro atoms. The molecule has 1 aromatic rings. The zero-order chi connectivity index (χ0) is 15.8. The van der Waals surface area contributed by atoms with Crippen molar-refractivity contribution in [3.8, 4) is 0 Å². The van der Waals surface area contributed by atoms with Gasteiger partial charge in [-0.25, -0.2) is 9.59 Å². The molecule has 0 saturated carbocycles. The Morgan fingerprint density at radius 2 is 2.05 bits per heavy atom. The van der Waals surface area contributed by atoms with E-state index in [1.807, 2.05) is 0 Å². The maximum Gasteiger partial charge on any atom is 0.375 e. The lowest BCUT2D eigenvalue weighted by Gasteiger charge is -2.37. The maximum atomic E-state index is 12.4. The summed E-state index contributed by atoms with van der Waals surface area (Å²) >= 11 is 5.87. The number of hydrogen-bond donors (Lipinski definition) is 0. The number of ketones is 1. The molecule has 0 amide bonds. The Labute approximate surface area is 127 Å². The molecule has 1 heterocycles.